The number of nitrogens with one attached hydrogen (secondary N) is 1. The number of aromatic amines is 1. The molecule has 73 heavy (non-hydrogen) atoms. The fourth-order valence-corrected chi connectivity index (χ4v) is 8.14. The molecule has 0 fully saturated rings. The number of methoxy groups -OCH3 is 2. The van der Waals surface area contributed by atoms with Gasteiger partial charge in [0.15, 0.2) is 0 Å². The largest absolute Gasteiger partial charge is 0.465 e. The van der Waals surface area contributed by atoms with E-state index in [9.17, 15) is 28.8 Å². The van der Waals surface area contributed by atoms with Crippen LogP contribution in [0.5, 0.6) is 0 Å². The highest BCUT2D eigenvalue weighted by molar-refractivity contribution is 6.15. The van der Waals surface area contributed by atoms with Crippen molar-refractivity contribution in [3.8, 4) is 0 Å². The van der Waals surface area contributed by atoms with Crippen LogP contribution >= 0.6 is 0 Å². The van der Waals surface area contributed by atoms with Crippen LogP contribution in [0.4, 0.5) is 26.7 Å². The molecule has 0 aliphatic rings. The van der Waals surface area contributed by atoms with E-state index in [1.807, 2.05) is 39.8 Å². The third-order valence-electron chi connectivity index (χ3n) is 12.0. The van der Waals surface area contributed by atoms with E-state index >= 15 is 0 Å². The molecule has 394 valence electrons. The van der Waals surface area contributed by atoms with E-state index in [-0.39, 0.29) is 71.0 Å². The molecule has 0 spiro atoms. The molecule has 17 nitrogen and oxygen atoms in total. The molecule has 0 aliphatic heterocycles. The highest BCUT2D eigenvalue weighted by atomic mass is 16.6. The number of fused-ring (bicyclic) bond motifs is 1. The highest BCUT2D eigenvalue weighted by Gasteiger charge is 2.40. The predicted molar refractivity (Wildman–Crippen MR) is 285 cm³/mol. The Bertz CT molecular complexity index is 2880. The Morgan fingerprint density at radius 3 is 2.00 bits per heavy atom. The maximum absolute atomic E-state index is 14.7. The standard InChI is InChI=1S/C56H74N6O11/c1-18-35(31-37(39(57)19-2)49(65)69-16)48(64)46-34(5)45(42-23-21-22-28-60(42)46)62(52(68)73-54(9,10)11)55(12,13)27-30-71-56(14,15)26-29-61(51(67)72-53(6,7)8)44-33(4)43(59-41(44)20-3)47(63)36-24-25-40(58)38(32-36)50(66)70-17/h18-25,28,31-32,59H,3,26-27,29-30,57-58H2,1-2,4-17H3/b35-18+,37-31+,39-19+. The van der Waals surface area contributed by atoms with Gasteiger partial charge in [0.1, 0.15) is 11.2 Å². The smallest absolute Gasteiger partial charge is 0.415 e. The molecule has 0 radical (unpaired) electrons. The number of esters is 2. The lowest BCUT2D eigenvalue weighted by Crippen LogP contribution is -2.51. The van der Waals surface area contributed by atoms with Gasteiger partial charge in [0.2, 0.25) is 11.6 Å². The normalized spacial score (nSPS) is 12.8. The molecule has 4 rings (SSSR count). The minimum atomic E-state index is -1.02. The first-order valence-electron chi connectivity index (χ1n) is 24.0. The summed E-state index contributed by atoms with van der Waals surface area (Å²) in [4.78, 5) is 88.9. The Morgan fingerprint density at radius 1 is 0.808 bits per heavy atom. The third kappa shape index (κ3) is 13.6. The minimum Gasteiger partial charge on any atom is -0.465 e. The fourth-order valence-electron chi connectivity index (χ4n) is 8.14. The molecule has 0 bridgehead atoms. The Kier molecular flexibility index (Phi) is 18.3. The number of carbonyl (C=O) groups is 6. The first-order chi connectivity index (χ1) is 33.9. The molecule has 0 saturated heterocycles. The molecule has 17 heteroatoms. The van der Waals surface area contributed by atoms with Gasteiger partial charge in [0.25, 0.3) is 0 Å². The average molecular weight is 1010 g/mol. The number of aromatic nitrogens is 2. The summed E-state index contributed by atoms with van der Waals surface area (Å²) in [6, 6.07) is 9.72. The summed E-state index contributed by atoms with van der Waals surface area (Å²) in [7, 11) is 2.45. The number of amides is 2. The van der Waals surface area contributed by atoms with Crippen LogP contribution in [-0.4, -0.2) is 94.8 Å². The van der Waals surface area contributed by atoms with Gasteiger partial charge < -0.3 is 44.5 Å². The van der Waals surface area contributed by atoms with Gasteiger partial charge in [-0.1, -0.05) is 24.8 Å². The number of rotatable bonds is 19. The third-order valence-corrected chi connectivity index (χ3v) is 12.0. The summed E-state index contributed by atoms with van der Waals surface area (Å²) in [5.41, 5.74) is 12.3. The van der Waals surface area contributed by atoms with E-state index in [4.69, 9.17) is 35.2 Å². The number of H-pyrrole nitrogens is 1. The summed E-state index contributed by atoms with van der Waals surface area (Å²) < 4.78 is 30.2. The monoisotopic (exact) mass is 1010 g/mol. The van der Waals surface area contributed by atoms with Crippen LogP contribution in [0.15, 0.2) is 84.2 Å². The van der Waals surface area contributed by atoms with Gasteiger partial charge in [-0.2, -0.15) is 0 Å². The molecule has 0 saturated carbocycles. The number of ether oxygens (including phenoxy) is 5. The van der Waals surface area contributed by atoms with Crippen LogP contribution in [0.3, 0.4) is 0 Å². The Labute approximate surface area is 429 Å². The fraction of sp³-hybridized carbons (Fsp3) is 0.429. The number of hydrogen-bond donors (Lipinski definition) is 3. The quantitative estimate of drug-likeness (QED) is 0.0199. The van der Waals surface area contributed by atoms with Gasteiger partial charge in [0, 0.05) is 58.5 Å². The second kappa shape index (κ2) is 23.0. The van der Waals surface area contributed by atoms with Crippen molar-refractivity contribution >= 4 is 64.3 Å². The number of Topliss-reactive ketones (excluding diaryl/α,β-unsaturated/α-hetero) is 1. The molecule has 1 aromatic carbocycles. The Hall–Kier alpha value is -7.40. The summed E-state index contributed by atoms with van der Waals surface area (Å²) in [6.07, 6.45) is 7.00. The van der Waals surface area contributed by atoms with Crippen LogP contribution in [-0.2, 0) is 28.5 Å². The van der Waals surface area contributed by atoms with Crippen LogP contribution in [0, 0.1) is 13.8 Å². The second-order valence-corrected chi connectivity index (χ2v) is 20.7. The molecule has 3 aromatic heterocycles. The van der Waals surface area contributed by atoms with Crippen LogP contribution in [0.25, 0.3) is 11.6 Å². The van der Waals surface area contributed by atoms with E-state index in [0.717, 1.165) is 0 Å². The number of nitrogens with two attached hydrogens (primary N) is 2. The number of ketones is 2. The molecule has 4 aromatic rings. The number of nitrogens with zero attached hydrogens (tertiary/aromatic N) is 3. The van der Waals surface area contributed by atoms with Crippen LogP contribution in [0.1, 0.15) is 150 Å². The lowest BCUT2D eigenvalue weighted by Gasteiger charge is -2.40. The van der Waals surface area contributed by atoms with Gasteiger partial charge >= 0.3 is 24.1 Å². The highest BCUT2D eigenvalue weighted by Crippen LogP contribution is 2.40. The number of nitrogen functional groups attached to an aromatic ring is 1. The van der Waals surface area contributed by atoms with Gasteiger partial charge in [-0.05, 0) is 152 Å². The minimum absolute atomic E-state index is 0.0112. The van der Waals surface area contributed by atoms with Gasteiger partial charge in [0.05, 0.1) is 64.9 Å². The maximum atomic E-state index is 14.7. The molecule has 3 heterocycles. The second-order valence-electron chi connectivity index (χ2n) is 20.7. The lowest BCUT2D eigenvalue weighted by atomic mass is 9.96. The SMILES string of the molecule is C=Cc1[nH]c(C(=O)c2ccc(N)c(C(=O)OC)c2)c(C)c1N(CCC(C)(C)OCCC(C)(C)N(C(=O)OC(C)(C)C)c1c(C)c(C(=O)C(=C/C)/C=C(C(=O)OC)\C(N)=C/C)n2ccccc12)C(=O)OC(C)(C)C. The summed E-state index contributed by atoms with van der Waals surface area (Å²) in [5.74, 6) is -2.30. The summed E-state index contributed by atoms with van der Waals surface area (Å²) >= 11 is 0. The Balaban J connectivity index is 1.72. The average Bonchev–Trinajstić information content (AvgIpc) is 3.78. The zero-order valence-electron chi connectivity index (χ0n) is 45.4. The number of anilines is 3. The maximum Gasteiger partial charge on any atom is 0.415 e. The first kappa shape index (κ1) is 58.2. The van der Waals surface area contributed by atoms with E-state index in [2.05, 4.69) is 11.6 Å². The van der Waals surface area contributed by atoms with E-state index in [1.165, 1.54) is 49.5 Å². The zero-order chi connectivity index (χ0) is 55.1. The van der Waals surface area contributed by atoms with Crippen molar-refractivity contribution in [3.63, 3.8) is 0 Å². The van der Waals surface area contributed by atoms with Gasteiger partial charge in [-0.25, -0.2) is 19.2 Å². The topological polar surface area (TPSA) is 227 Å². The summed E-state index contributed by atoms with van der Waals surface area (Å²) in [6.45, 7) is 29.1. The molecular formula is C56H74N6O11. The predicted octanol–water partition coefficient (Wildman–Crippen LogP) is 10.8. The van der Waals surface area contributed by atoms with Crippen molar-refractivity contribution in [2.45, 2.75) is 132 Å². The molecule has 0 atom stereocenters. The number of benzene rings is 1. The number of allylic oxidation sites excluding steroid dienone is 4. The molecular weight excluding hydrogens is 933 g/mol. The number of carbonyl (C=O) groups excluding carboxylic acids is 6. The van der Waals surface area contributed by atoms with Crippen molar-refractivity contribution in [1.29, 1.82) is 0 Å². The van der Waals surface area contributed by atoms with Crippen molar-refractivity contribution in [3.05, 3.63) is 124 Å². The number of pyridine rings is 1. The van der Waals surface area contributed by atoms with Gasteiger partial charge in [-0.15, -0.1) is 0 Å². The van der Waals surface area contributed by atoms with Crippen molar-refractivity contribution in [2.75, 3.05) is 42.9 Å². The number of hydrogen-bond acceptors (Lipinski definition) is 13. The lowest BCUT2D eigenvalue weighted by molar-refractivity contribution is -0.135. The molecule has 2 amide bonds. The van der Waals surface area contributed by atoms with Crippen molar-refractivity contribution in [2.24, 2.45) is 5.73 Å². The van der Waals surface area contributed by atoms with E-state index in [1.54, 1.807) is 103 Å². The first-order valence-corrected chi connectivity index (χ1v) is 24.0. The van der Waals surface area contributed by atoms with E-state index < -0.39 is 58.0 Å². The Morgan fingerprint density at radius 2 is 1.44 bits per heavy atom. The van der Waals surface area contributed by atoms with Crippen molar-refractivity contribution in [1.82, 2.24) is 9.38 Å². The molecule has 0 aliphatic carbocycles. The van der Waals surface area contributed by atoms with E-state index in [0.29, 0.717) is 33.7 Å². The van der Waals surface area contributed by atoms with Crippen LogP contribution < -0.4 is 21.3 Å². The zero-order valence-corrected chi connectivity index (χ0v) is 45.4. The summed E-state index contributed by atoms with van der Waals surface area (Å²) in [5, 5.41) is 0. The van der Waals surface area contributed by atoms with Crippen LogP contribution in [0.2, 0.25) is 0 Å². The van der Waals surface area contributed by atoms with Gasteiger partial charge in [-0.3, -0.25) is 19.4 Å². The molecule has 5 N–H and O–H groups in total. The molecule has 0 unspecified atom stereocenters. The van der Waals surface area contributed by atoms with Crippen molar-refractivity contribution < 1.29 is 52.5 Å².